The summed E-state index contributed by atoms with van der Waals surface area (Å²) in [5.41, 5.74) is -0.586. The molecular weight excluding hydrogens is 258 g/mol. The molecule has 0 unspecified atom stereocenters. The average molecular weight is 272 g/mol. The number of hydrogen-bond donors (Lipinski definition) is 0. The molecule has 1 rings (SSSR count). The first-order chi connectivity index (χ1) is 6.82. The summed E-state index contributed by atoms with van der Waals surface area (Å²) in [5, 5.41) is 0. The Bertz CT molecular complexity index is 429. The van der Waals surface area contributed by atoms with Gasteiger partial charge in [0.25, 0.3) is 5.56 Å². The molecule has 3 nitrogen and oxygen atoms in total. The Hall–Kier alpha value is -0.900. The van der Waals surface area contributed by atoms with Crippen LogP contribution in [0.25, 0.3) is 0 Å². The van der Waals surface area contributed by atoms with Crippen LogP contribution in [0.4, 0.5) is 0 Å². The molecule has 0 N–H and O–H groups in total. The largest absolute Gasteiger partial charge is 0.307 e. The lowest BCUT2D eigenvalue weighted by Crippen LogP contribution is -2.30. The Morgan fingerprint density at radius 2 is 2.07 bits per heavy atom. The summed E-state index contributed by atoms with van der Waals surface area (Å²) in [5.74, 6) is 0.0442. The first-order valence-corrected chi connectivity index (χ1v) is 5.50. The minimum absolute atomic E-state index is 0.0442. The Balaban J connectivity index is 2.97. The lowest BCUT2D eigenvalue weighted by atomic mass is 9.91. The van der Waals surface area contributed by atoms with E-state index in [1.807, 2.05) is 20.8 Å². The highest BCUT2D eigenvalue weighted by molar-refractivity contribution is 9.10. The summed E-state index contributed by atoms with van der Waals surface area (Å²) in [6, 6.07) is 3.40. The molecule has 15 heavy (non-hydrogen) atoms. The van der Waals surface area contributed by atoms with Crippen molar-refractivity contribution >= 4 is 21.7 Å². The highest BCUT2D eigenvalue weighted by atomic mass is 79.9. The Morgan fingerprint density at radius 3 is 2.60 bits per heavy atom. The third-order valence-corrected chi connectivity index (χ3v) is 2.73. The summed E-state index contributed by atoms with van der Waals surface area (Å²) in [6.45, 7) is 5.66. The number of ketones is 1. The number of halogens is 1. The molecule has 0 aliphatic heterocycles. The third-order valence-electron chi connectivity index (χ3n) is 2.12. The van der Waals surface area contributed by atoms with Crippen molar-refractivity contribution in [3.63, 3.8) is 0 Å². The number of Topliss-reactive ketones (excluding diaryl/α,β-unsaturated/α-hetero) is 1. The summed E-state index contributed by atoms with van der Waals surface area (Å²) in [4.78, 5) is 23.3. The quantitative estimate of drug-likeness (QED) is 0.828. The van der Waals surface area contributed by atoms with E-state index in [0.717, 1.165) is 0 Å². The second-order valence-electron chi connectivity index (χ2n) is 4.46. The zero-order valence-electron chi connectivity index (χ0n) is 9.08. The highest BCUT2D eigenvalue weighted by Crippen LogP contribution is 2.15. The van der Waals surface area contributed by atoms with Crippen LogP contribution in [0.15, 0.2) is 27.6 Å². The molecule has 1 heterocycles. The van der Waals surface area contributed by atoms with Gasteiger partial charge in [0.2, 0.25) is 0 Å². The van der Waals surface area contributed by atoms with Gasteiger partial charge in [0, 0.05) is 11.6 Å². The van der Waals surface area contributed by atoms with Crippen LogP contribution in [-0.4, -0.2) is 10.4 Å². The van der Waals surface area contributed by atoms with Crippen molar-refractivity contribution in [2.75, 3.05) is 0 Å². The van der Waals surface area contributed by atoms with Gasteiger partial charge in [-0.3, -0.25) is 9.59 Å². The van der Waals surface area contributed by atoms with E-state index in [9.17, 15) is 9.59 Å². The van der Waals surface area contributed by atoms with Gasteiger partial charge in [0.15, 0.2) is 5.78 Å². The summed E-state index contributed by atoms with van der Waals surface area (Å²) >= 11 is 3.14. The number of hydrogen-bond acceptors (Lipinski definition) is 2. The first kappa shape index (κ1) is 12.2. The molecule has 0 saturated heterocycles. The van der Waals surface area contributed by atoms with Crippen LogP contribution in [0, 0.1) is 5.41 Å². The maximum atomic E-state index is 11.7. The SMILES string of the molecule is CC(C)(C)C(=O)Cn1cccc(Br)c1=O. The topological polar surface area (TPSA) is 39.1 Å². The van der Waals surface area contributed by atoms with E-state index < -0.39 is 5.41 Å². The standard InChI is InChI=1S/C11H14BrNO2/c1-11(2,3)9(14)7-13-6-4-5-8(12)10(13)15/h4-6H,7H2,1-3H3. The molecule has 0 amide bonds. The predicted molar refractivity (Wildman–Crippen MR) is 62.9 cm³/mol. The van der Waals surface area contributed by atoms with Crippen molar-refractivity contribution in [2.45, 2.75) is 27.3 Å². The van der Waals surface area contributed by atoms with Crippen LogP contribution >= 0.6 is 15.9 Å². The van der Waals surface area contributed by atoms with Gasteiger partial charge in [-0.15, -0.1) is 0 Å². The Morgan fingerprint density at radius 1 is 1.47 bits per heavy atom. The fourth-order valence-corrected chi connectivity index (χ4v) is 1.40. The number of rotatable bonds is 2. The van der Waals surface area contributed by atoms with Crippen molar-refractivity contribution in [3.05, 3.63) is 33.2 Å². The van der Waals surface area contributed by atoms with Crippen LogP contribution in [0.5, 0.6) is 0 Å². The molecule has 0 aliphatic rings. The summed E-state index contributed by atoms with van der Waals surface area (Å²) < 4.78 is 1.89. The number of carbonyl (C=O) groups excluding carboxylic acids is 1. The molecule has 1 aromatic heterocycles. The zero-order chi connectivity index (χ0) is 11.6. The van der Waals surface area contributed by atoms with Crippen LogP contribution in [0.2, 0.25) is 0 Å². The number of carbonyl (C=O) groups is 1. The van der Waals surface area contributed by atoms with Crippen molar-refractivity contribution in [1.82, 2.24) is 4.57 Å². The van der Waals surface area contributed by atoms with Crippen LogP contribution in [0.1, 0.15) is 20.8 Å². The Labute approximate surface area is 97.2 Å². The van der Waals surface area contributed by atoms with Crippen LogP contribution in [0.3, 0.4) is 0 Å². The molecule has 4 heteroatoms. The van der Waals surface area contributed by atoms with Gasteiger partial charge in [-0.1, -0.05) is 20.8 Å². The van der Waals surface area contributed by atoms with Gasteiger partial charge < -0.3 is 4.57 Å². The average Bonchev–Trinajstić information content (AvgIpc) is 2.11. The molecule has 0 fully saturated rings. The lowest BCUT2D eigenvalue weighted by molar-refractivity contribution is -0.126. The summed E-state index contributed by atoms with van der Waals surface area (Å²) in [6.07, 6.45) is 1.62. The highest BCUT2D eigenvalue weighted by Gasteiger charge is 2.21. The monoisotopic (exact) mass is 271 g/mol. The first-order valence-electron chi connectivity index (χ1n) is 4.70. The molecule has 0 radical (unpaired) electrons. The number of aromatic nitrogens is 1. The van der Waals surface area contributed by atoms with Crippen LogP contribution < -0.4 is 5.56 Å². The van der Waals surface area contributed by atoms with Gasteiger partial charge in [-0.25, -0.2) is 0 Å². The normalized spacial score (nSPS) is 11.5. The second-order valence-corrected chi connectivity index (χ2v) is 5.32. The molecule has 0 aliphatic carbocycles. The van der Waals surface area contributed by atoms with Crippen molar-refractivity contribution in [2.24, 2.45) is 5.41 Å². The minimum Gasteiger partial charge on any atom is -0.307 e. The molecule has 1 aromatic rings. The van der Waals surface area contributed by atoms with E-state index in [-0.39, 0.29) is 17.9 Å². The maximum Gasteiger partial charge on any atom is 0.265 e. The van der Waals surface area contributed by atoms with E-state index >= 15 is 0 Å². The van der Waals surface area contributed by atoms with E-state index in [1.165, 1.54) is 4.57 Å². The molecule has 0 bridgehead atoms. The molecule has 0 saturated carbocycles. The molecule has 0 spiro atoms. The van der Waals surface area contributed by atoms with Gasteiger partial charge in [0.1, 0.15) is 0 Å². The molecular formula is C11H14BrNO2. The lowest BCUT2D eigenvalue weighted by Gasteiger charge is -2.17. The maximum absolute atomic E-state index is 11.7. The van der Waals surface area contributed by atoms with E-state index in [2.05, 4.69) is 15.9 Å². The smallest absolute Gasteiger partial charge is 0.265 e. The zero-order valence-corrected chi connectivity index (χ0v) is 10.7. The second kappa shape index (κ2) is 4.31. The third kappa shape index (κ3) is 3.02. The minimum atomic E-state index is -0.415. The van der Waals surface area contributed by atoms with E-state index in [0.29, 0.717) is 4.47 Å². The van der Waals surface area contributed by atoms with Crippen molar-refractivity contribution < 1.29 is 4.79 Å². The van der Waals surface area contributed by atoms with E-state index in [1.54, 1.807) is 18.3 Å². The summed E-state index contributed by atoms with van der Waals surface area (Å²) in [7, 11) is 0. The van der Waals surface area contributed by atoms with Crippen molar-refractivity contribution in [3.8, 4) is 0 Å². The van der Waals surface area contributed by atoms with Crippen molar-refractivity contribution in [1.29, 1.82) is 0 Å². The number of pyridine rings is 1. The Kier molecular flexibility index (Phi) is 3.50. The van der Waals surface area contributed by atoms with Gasteiger partial charge in [0.05, 0.1) is 11.0 Å². The fraction of sp³-hybridized carbons (Fsp3) is 0.455. The van der Waals surface area contributed by atoms with Gasteiger partial charge in [-0.05, 0) is 28.1 Å². The molecule has 82 valence electrons. The predicted octanol–water partition coefficient (Wildman–Crippen LogP) is 2.23. The van der Waals surface area contributed by atoms with E-state index in [4.69, 9.17) is 0 Å². The number of nitrogens with zero attached hydrogens (tertiary/aromatic N) is 1. The van der Waals surface area contributed by atoms with Gasteiger partial charge in [-0.2, -0.15) is 0 Å². The van der Waals surface area contributed by atoms with Crippen LogP contribution in [-0.2, 0) is 11.3 Å². The fourth-order valence-electron chi connectivity index (χ4n) is 1.02. The van der Waals surface area contributed by atoms with Gasteiger partial charge >= 0.3 is 0 Å². The molecule has 0 atom stereocenters. The molecule has 0 aromatic carbocycles.